The molecule has 0 aromatic rings. The molecule has 2 rings (SSSR count). The van der Waals surface area contributed by atoms with Crippen molar-refractivity contribution < 1.29 is 9.59 Å². The summed E-state index contributed by atoms with van der Waals surface area (Å²) in [5.74, 6) is 1.27. The van der Waals surface area contributed by atoms with E-state index in [9.17, 15) is 9.59 Å². The zero-order chi connectivity index (χ0) is 13.5. The molecule has 2 fully saturated rings. The summed E-state index contributed by atoms with van der Waals surface area (Å²) < 4.78 is 0. The lowest BCUT2D eigenvalue weighted by Crippen LogP contribution is -2.32. The Morgan fingerprint density at radius 3 is 2.32 bits per heavy atom. The van der Waals surface area contributed by atoms with Crippen molar-refractivity contribution in [1.29, 1.82) is 0 Å². The van der Waals surface area contributed by atoms with E-state index in [1.54, 1.807) is 12.2 Å². The first-order valence-corrected chi connectivity index (χ1v) is 7.47. The van der Waals surface area contributed by atoms with Gasteiger partial charge in [-0.05, 0) is 37.5 Å². The Balaban J connectivity index is 1.94. The molecule has 0 heterocycles. The van der Waals surface area contributed by atoms with Crippen LogP contribution in [-0.2, 0) is 9.59 Å². The fraction of sp³-hybridized carbons (Fsp3) is 0.867. The van der Waals surface area contributed by atoms with Gasteiger partial charge in [0.1, 0.15) is 0 Å². The van der Waals surface area contributed by atoms with Crippen molar-refractivity contribution in [3.8, 4) is 0 Å². The van der Waals surface area contributed by atoms with Crippen LogP contribution in [0.5, 0.6) is 0 Å². The largest absolute Gasteiger partial charge is 0.235 e. The second-order valence-corrected chi connectivity index (χ2v) is 5.97. The van der Waals surface area contributed by atoms with Gasteiger partial charge in [0.2, 0.25) is 12.2 Å². The maximum Gasteiger partial charge on any atom is 0.235 e. The van der Waals surface area contributed by atoms with Crippen LogP contribution in [0.3, 0.4) is 0 Å². The van der Waals surface area contributed by atoms with Crippen LogP contribution in [0.25, 0.3) is 0 Å². The Morgan fingerprint density at radius 2 is 1.63 bits per heavy atom. The molecule has 0 saturated heterocycles. The lowest BCUT2D eigenvalue weighted by molar-refractivity contribution is 0.210. The summed E-state index contributed by atoms with van der Waals surface area (Å²) in [6.45, 7) is 0. The van der Waals surface area contributed by atoms with Gasteiger partial charge in [-0.15, -0.1) is 0 Å². The van der Waals surface area contributed by atoms with Gasteiger partial charge in [0.25, 0.3) is 0 Å². The Morgan fingerprint density at radius 1 is 0.895 bits per heavy atom. The minimum atomic E-state index is 0.00204. The number of hydrogen-bond acceptors (Lipinski definition) is 4. The third kappa shape index (κ3) is 4.12. The standard InChI is InChI=1S/C15H22N2O2/c18-10-16-14-7-6-13(15(9-14)17-11-19)8-12-4-2-1-3-5-12/h12-15H,1-9H2. The molecule has 0 bridgehead atoms. The highest BCUT2D eigenvalue weighted by Crippen LogP contribution is 2.37. The predicted molar refractivity (Wildman–Crippen MR) is 72.4 cm³/mol. The van der Waals surface area contributed by atoms with Crippen LogP contribution >= 0.6 is 0 Å². The van der Waals surface area contributed by atoms with E-state index >= 15 is 0 Å². The van der Waals surface area contributed by atoms with Crippen molar-refractivity contribution >= 4 is 12.2 Å². The summed E-state index contributed by atoms with van der Waals surface area (Å²) >= 11 is 0. The molecule has 104 valence electrons. The number of hydrogen-bond donors (Lipinski definition) is 0. The summed E-state index contributed by atoms with van der Waals surface area (Å²) in [7, 11) is 0. The molecular weight excluding hydrogens is 240 g/mol. The van der Waals surface area contributed by atoms with E-state index in [0.29, 0.717) is 12.3 Å². The zero-order valence-electron chi connectivity index (χ0n) is 11.4. The molecule has 2 aliphatic carbocycles. The highest BCUT2D eigenvalue weighted by atomic mass is 16.1. The van der Waals surface area contributed by atoms with Crippen molar-refractivity contribution in [2.45, 2.75) is 69.9 Å². The van der Waals surface area contributed by atoms with Crippen molar-refractivity contribution in [1.82, 2.24) is 0 Å². The van der Waals surface area contributed by atoms with Crippen LogP contribution in [0, 0.1) is 11.8 Å². The summed E-state index contributed by atoms with van der Waals surface area (Å²) in [4.78, 5) is 28.7. The number of isocyanates is 2. The third-order valence-corrected chi connectivity index (χ3v) is 4.74. The molecule has 0 aliphatic heterocycles. The molecule has 19 heavy (non-hydrogen) atoms. The molecule has 3 unspecified atom stereocenters. The van der Waals surface area contributed by atoms with Crippen LogP contribution in [0.4, 0.5) is 0 Å². The van der Waals surface area contributed by atoms with Crippen molar-refractivity contribution in [2.24, 2.45) is 21.8 Å². The maximum atomic E-state index is 10.6. The smallest absolute Gasteiger partial charge is 0.211 e. The molecule has 0 aromatic heterocycles. The van der Waals surface area contributed by atoms with E-state index in [-0.39, 0.29) is 12.1 Å². The Labute approximate surface area is 114 Å². The fourth-order valence-electron chi connectivity index (χ4n) is 3.73. The number of nitrogens with zero attached hydrogens (tertiary/aromatic N) is 2. The van der Waals surface area contributed by atoms with Crippen LogP contribution in [0.1, 0.15) is 57.8 Å². The SMILES string of the molecule is O=C=NC1CCC(CC2CCCCC2)C(N=C=O)C1. The van der Waals surface area contributed by atoms with Gasteiger partial charge >= 0.3 is 0 Å². The van der Waals surface area contributed by atoms with E-state index in [1.165, 1.54) is 38.5 Å². The number of rotatable bonds is 4. The minimum Gasteiger partial charge on any atom is -0.211 e. The molecule has 2 aliphatic rings. The van der Waals surface area contributed by atoms with Gasteiger partial charge < -0.3 is 0 Å². The van der Waals surface area contributed by atoms with Gasteiger partial charge in [0, 0.05) is 0 Å². The minimum absolute atomic E-state index is 0.00204. The highest BCUT2D eigenvalue weighted by Gasteiger charge is 2.32. The molecule has 4 nitrogen and oxygen atoms in total. The Hall–Kier alpha value is -1.24. The summed E-state index contributed by atoms with van der Waals surface area (Å²) in [5.41, 5.74) is 0. The molecule has 4 heteroatoms. The van der Waals surface area contributed by atoms with Crippen molar-refractivity contribution in [2.75, 3.05) is 0 Å². The summed E-state index contributed by atoms with van der Waals surface area (Å²) in [6, 6.07) is 0.0116. The first-order chi connectivity index (χ1) is 9.33. The van der Waals surface area contributed by atoms with Gasteiger partial charge in [0.05, 0.1) is 12.1 Å². The van der Waals surface area contributed by atoms with E-state index in [0.717, 1.165) is 18.8 Å². The molecule has 2 saturated carbocycles. The first kappa shape index (κ1) is 14.2. The third-order valence-electron chi connectivity index (χ3n) is 4.74. The van der Waals surface area contributed by atoms with Gasteiger partial charge in [-0.2, -0.15) is 0 Å². The van der Waals surface area contributed by atoms with Crippen LogP contribution < -0.4 is 0 Å². The van der Waals surface area contributed by atoms with E-state index in [2.05, 4.69) is 9.98 Å². The number of aliphatic imine (C=N–C) groups is 2. The van der Waals surface area contributed by atoms with Crippen LogP contribution in [0.15, 0.2) is 9.98 Å². The van der Waals surface area contributed by atoms with E-state index in [4.69, 9.17) is 0 Å². The van der Waals surface area contributed by atoms with Crippen molar-refractivity contribution in [3.05, 3.63) is 0 Å². The topological polar surface area (TPSA) is 58.9 Å². The van der Waals surface area contributed by atoms with Crippen LogP contribution in [-0.4, -0.2) is 24.2 Å². The molecule has 0 aromatic carbocycles. The molecule has 0 spiro atoms. The van der Waals surface area contributed by atoms with Crippen molar-refractivity contribution in [3.63, 3.8) is 0 Å². The quantitative estimate of drug-likeness (QED) is 0.577. The van der Waals surface area contributed by atoms with Gasteiger partial charge in [0.15, 0.2) is 0 Å². The lowest BCUT2D eigenvalue weighted by atomic mass is 9.74. The Kier molecular flexibility index (Phi) is 5.50. The van der Waals surface area contributed by atoms with Gasteiger partial charge in [-0.25, -0.2) is 19.6 Å². The molecule has 3 atom stereocenters. The number of carbonyl (C=O) groups excluding carboxylic acids is 2. The normalized spacial score (nSPS) is 32.1. The van der Waals surface area contributed by atoms with E-state index < -0.39 is 0 Å². The molecule has 0 amide bonds. The lowest BCUT2D eigenvalue weighted by Gasteiger charge is -2.34. The maximum absolute atomic E-state index is 10.6. The van der Waals surface area contributed by atoms with Crippen LogP contribution in [0.2, 0.25) is 0 Å². The average molecular weight is 262 g/mol. The summed E-state index contributed by atoms with van der Waals surface area (Å²) in [5, 5.41) is 0. The van der Waals surface area contributed by atoms with Gasteiger partial charge in [-0.1, -0.05) is 32.1 Å². The molecule has 0 radical (unpaired) electrons. The van der Waals surface area contributed by atoms with E-state index in [1.807, 2.05) is 0 Å². The highest BCUT2D eigenvalue weighted by molar-refractivity contribution is 5.35. The second kappa shape index (κ2) is 7.37. The fourth-order valence-corrected chi connectivity index (χ4v) is 3.73. The molecular formula is C15H22N2O2. The average Bonchev–Trinajstić information content (AvgIpc) is 2.43. The monoisotopic (exact) mass is 262 g/mol. The summed E-state index contributed by atoms with van der Waals surface area (Å²) in [6.07, 6.45) is 13.9. The Bertz CT molecular complexity index is 378. The molecule has 0 N–H and O–H groups in total. The van der Waals surface area contributed by atoms with Gasteiger partial charge in [-0.3, -0.25) is 0 Å². The predicted octanol–water partition coefficient (Wildman–Crippen LogP) is 3.17. The zero-order valence-corrected chi connectivity index (χ0v) is 11.4. The first-order valence-electron chi connectivity index (χ1n) is 7.47. The second-order valence-electron chi connectivity index (χ2n) is 5.97.